The number of ether oxygens (including phenoxy) is 1. The Morgan fingerprint density at radius 2 is 2.37 bits per heavy atom. The summed E-state index contributed by atoms with van der Waals surface area (Å²) in [6.07, 6.45) is 1.88. The van der Waals surface area contributed by atoms with Crippen molar-refractivity contribution in [3.05, 3.63) is 50.0 Å². The molecular formula is C13H10BrClN2OS. The van der Waals surface area contributed by atoms with E-state index in [0.717, 1.165) is 26.4 Å². The summed E-state index contributed by atoms with van der Waals surface area (Å²) in [5.41, 5.74) is 2.68. The smallest absolute Gasteiger partial charge is 0.181 e. The highest BCUT2D eigenvalue weighted by molar-refractivity contribution is 9.11. The summed E-state index contributed by atoms with van der Waals surface area (Å²) in [5.74, 6) is 0.736. The zero-order chi connectivity index (χ0) is 13.4. The van der Waals surface area contributed by atoms with Gasteiger partial charge in [-0.15, -0.1) is 11.3 Å². The lowest BCUT2D eigenvalue weighted by molar-refractivity contribution is 0.308. The molecule has 0 aliphatic rings. The van der Waals surface area contributed by atoms with Crippen molar-refractivity contribution in [2.75, 3.05) is 0 Å². The number of hydrogen-bond acceptors (Lipinski definition) is 3. The fraction of sp³-hybridized carbons (Fsp3) is 0.154. The van der Waals surface area contributed by atoms with E-state index >= 15 is 0 Å². The second-order valence-corrected chi connectivity index (χ2v) is 6.75. The molecule has 3 rings (SSSR count). The molecule has 98 valence electrons. The van der Waals surface area contributed by atoms with Crippen LogP contribution < -0.4 is 4.74 Å². The zero-order valence-electron chi connectivity index (χ0n) is 10.1. The van der Waals surface area contributed by atoms with E-state index in [2.05, 4.69) is 32.4 Å². The number of thiophene rings is 1. The van der Waals surface area contributed by atoms with Gasteiger partial charge in [0.15, 0.2) is 11.4 Å². The van der Waals surface area contributed by atoms with Gasteiger partial charge in [-0.05, 0) is 46.4 Å². The van der Waals surface area contributed by atoms with Crippen LogP contribution in [0, 0.1) is 6.92 Å². The van der Waals surface area contributed by atoms with E-state index in [1.54, 1.807) is 11.3 Å². The predicted octanol–water partition coefficient (Wildman–Crippen LogP) is 4.70. The summed E-state index contributed by atoms with van der Waals surface area (Å²) in [6, 6.07) is 5.85. The number of pyridine rings is 1. The summed E-state index contributed by atoms with van der Waals surface area (Å²) < 4.78 is 8.76. The molecule has 3 nitrogen and oxygen atoms in total. The molecule has 0 aliphatic carbocycles. The van der Waals surface area contributed by atoms with Crippen molar-refractivity contribution in [1.29, 1.82) is 0 Å². The van der Waals surface area contributed by atoms with Crippen molar-refractivity contribution in [2.24, 2.45) is 0 Å². The van der Waals surface area contributed by atoms with Gasteiger partial charge in [0.1, 0.15) is 11.8 Å². The third-order valence-electron chi connectivity index (χ3n) is 2.73. The molecule has 6 heteroatoms. The Morgan fingerprint density at radius 3 is 3.11 bits per heavy atom. The number of imidazole rings is 1. The van der Waals surface area contributed by atoms with E-state index in [9.17, 15) is 0 Å². The molecule has 0 aliphatic heterocycles. The molecule has 0 saturated heterocycles. The van der Waals surface area contributed by atoms with Crippen LogP contribution in [0.2, 0.25) is 5.15 Å². The van der Waals surface area contributed by atoms with Gasteiger partial charge >= 0.3 is 0 Å². The van der Waals surface area contributed by atoms with Gasteiger partial charge in [-0.1, -0.05) is 11.6 Å². The highest BCUT2D eigenvalue weighted by Crippen LogP contribution is 2.26. The third-order valence-corrected chi connectivity index (χ3v) is 4.74. The summed E-state index contributed by atoms with van der Waals surface area (Å²) in [4.78, 5) is 4.43. The molecule has 0 spiro atoms. The molecule has 0 aromatic carbocycles. The minimum absolute atomic E-state index is 0.519. The highest BCUT2D eigenvalue weighted by Gasteiger charge is 2.10. The largest absolute Gasteiger partial charge is 0.485 e. The average Bonchev–Trinajstić information content (AvgIpc) is 2.93. The maximum atomic E-state index is 6.17. The molecule has 0 radical (unpaired) electrons. The van der Waals surface area contributed by atoms with E-state index in [-0.39, 0.29) is 0 Å². The molecule has 0 bridgehead atoms. The first-order chi connectivity index (χ1) is 9.15. The van der Waals surface area contributed by atoms with Crippen LogP contribution in [-0.2, 0) is 6.61 Å². The Hall–Kier alpha value is -1.04. The number of hydrogen-bond donors (Lipinski definition) is 0. The maximum Gasteiger partial charge on any atom is 0.181 e. The molecule has 0 unspecified atom stereocenters. The lowest BCUT2D eigenvalue weighted by atomic mass is 10.3. The van der Waals surface area contributed by atoms with Gasteiger partial charge in [0.05, 0.1) is 9.48 Å². The van der Waals surface area contributed by atoms with Crippen LogP contribution in [0.5, 0.6) is 5.75 Å². The second-order valence-electron chi connectivity index (χ2n) is 4.10. The van der Waals surface area contributed by atoms with Crippen LogP contribution in [0.15, 0.2) is 33.6 Å². The van der Waals surface area contributed by atoms with Gasteiger partial charge in [-0.3, -0.25) is 4.40 Å². The number of rotatable bonds is 3. The Morgan fingerprint density at radius 1 is 1.53 bits per heavy atom. The molecule has 0 amide bonds. The van der Waals surface area contributed by atoms with Gasteiger partial charge in [-0.2, -0.15) is 0 Å². The number of halogens is 2. The maximum absolute atomic E-state index is 6.17. The summed E-state index contributed by atoms with van der Waals surface area (Å²) in [6.45, 7) is 2.40. The standard InChI is InChI=1S/C13H10BrClN2OS/c1-8-12(15)17-4-2-3-10(13(17)16-8)18-6-9-5-11(14)19-7-9/h2-5,7H,6H2,1H3. The first-order valence-corrected chi connectivity index (χ1v) is 7.69. The van der Waals surface area contributed by atoms with Crippen molar-refractivity contribution in [1.82, 2.24) is 9.38 Å². The molecule has 3 aromatic rings. The first-order valence-electron chi connectivity index (χ1n) is 5.64. The van der Waals surface area contributed by atoms with Crippen LogP contribution in [0.4, 0.5) is 0 Å². The minimum Gasteiger partial charge on any atom is -0.485 e. The lowest BCUT2D eigenvalue weighted by Crippen LogP contribution is -1.96. The van der Waals surface area contributed by atoms with Crippen molar-refractivity contribution in [3.8, 4) is 5.75 Å². The van der Waals surface area contributed by atoms with Gasteiger partial charge < -0.3 is 4.74 Å². The fourth-order valence-corrected chi connectivity index (χ4v) is 3.19. The monoisotopic (exact) mass is 356 g/mol. The molecule has 0 N–H and O–H groups in total. The fourth-order valence-electron chi connectivity index (χ4n) is 1.82. The van der Waals surface area contributed by atoms with Gasteiger partial charge in [-0.25, -0.2) is 4.98 Å². The molecule has 0 saturated carbocycles. The normalized spacial score (nSPS) is 11.1. The van der Waals surface area contributed by atoms with Crippen LogP contribution in [0.1, 0.15) is 11.3 Å². The average molecular weight is 358 g/mol. The van der Waals surface area contributed by atoms with E-state index < -0.39 is 0 Å². The van der Waals surface area contributed by atoms with Crippen molar-refractivity contribution < 1.29 is 4.74 Å². The second kappa shape index (κ2) is 5.15. The lowest BCUT2D eigenvalue weighted by Gasteiger charge is -2.06. The van der Waals surface area contributed by atoms with Crippen LogP contribution in [0.3, 0.4) is 0 Å². The van der Waals surface area contributed by atoms with Crippen LogP contribution in [-0.4, -0.2) is 9.38 Å². The number of nitrogens with zero attached hydrogens (tertiary/aromatic N) is 2. The Kier molecular flexibility index (Phi) is 3.52. The number of fused-ring (bicyclic) bond motifs is 1. The Bertz CT molecular complexity index is 737. The van der Waals surface area contributed by atoms with Crippen LogP contribution in [0.25, 0.3) is 5.65 Å². The van der Waals surface area contributed by atoms with Crippen molar-refractivity contribution >= 4 is 44.5 Å². The van der Waals surface area contributed by atoms with Crippen molar-refractivity contribution in [2.45, 2.75) is 13.5 Å². The third kappa shape index (κ3) is 2.50. The quantitative estimate of drug-likeness (QED) is 0.679. The molecule has 19 heavy (non-hydrogen) atoms. The Labute approximate surface area is 127 Å². The zero-order valence-corrected chi connectivity index (χ0v) is 13.2. The highest BCUT2D eigenvalue weighted by atomic mass is 79.9. The molecule has 3 heterocycles. The topological polar surface area (TPSA) is 26.5 Å². The SMILES string of the molecule is Cc1nc2c(OCc3csc(Br)c3)cccn2c1Cl. The van der Waals surface area contributed by atoms with Crippen molar-refractivity contribution in [3.63, 3.8) is 0 Å². The van der Waals surface area contributed by atoms with Gasteiger partial charge in [0.25, 0.3) is 0 Å². The summed E-state index contributed by atoms with van der Waals surface area (Å²) in [7, 11) is 0. The molecule has 0 atom stereocenters. The minimum atomic E-state index is 0.519. The van der Waals surface area contributed by atoms with E-state index in [1.165, 1.54) is 0 Å². The number of aromatic nitrogens is 2. The van der Waals surface area contributed by atoms with E-state index in [0.29, 0.717) is 11.8 Å². The molecule has 0 fully saturated rings. The summed E-state index contributed by atoms with van der Waals surface area (Å²) >= 11 is 11.3. The Balaban J connectivity index is 1.90. The van der Waals surface area contributed by atoms with E-state index in [4.69, 9.17) is 16.3 Å². The first kappa shape index (κ1) is 13.0. The summed E-state index contributed by atoms with van der Waals surface area (Å²) in [5, 5.41) is 2.69. The van der Waals surface area contributed by atoms with Gasteiger partial charge in [0, 0.05) is 11.8 Å². The van der Waals surface area contributed by atoms with E-state index in [1.807, 2.05) is 29.7 Å². The number of aryl methyl sites for hydroxylation is 1. The van der Waals surface area contributed by atoms with Crippen LogP contribution >= 0.6 is 38.9 Å². The predicted molar refractivity (Wildman–Crippen MR) is 81.3 cm³/mol. The molecular weight excluding hydrogens is 348 g/mol. The molecule has 3 aromatic heterocycles. The van der Waals surface area contributed by atoms with Gasteiger partial charge in [0.2, 0.25) is 0 Å².